The molecule has 0 saturated heterocycles. The molecule has 0 atom stereocenters. The maximum absolute atomic E-state index is 14.9. The van der Waals surface area contributed by atoms with Gasteiger partial charge in [0.1, 0.15) is 28.8 Å². The Morgan fingerprint density at radius 1 is 1.00 bits per heavy atom. The topological polar surface area (TPSA) is 122 Å². The summed E-state index contributed by atoms with van der Waals surface area (Å²) in [7, 11) is 0. The number of benzene rings is 2. The van der Waals surface area contributed by atoms with Crippen molar-refractivity contribution >= 4 is 34.1 Å². The van der Waals surface area contributed by atoms with Crippen LogP contribution in [0.2, 0.25) is 0 Å². The molecular weight excluding hydrogens is 499 g/mol. The molecule has 0 spiro atoms. The molecule has 0 radical (unpaired) electrons. The van der Waals surface area contributed by atoms with E-state index in [-0.39, 0.29) is 23.5 Å². The highest BCUT2D eigenvalue weighted by molar-refractivity contribution is 6.02. The van der Waals surface area contributed by atoms with Crippen molar-refractivity contribution in [2.75, 3.05) is 16.0 Å². The molecule has 5 rings (SSSR count). The molecule has 10 nitrogen and oxygen atoms in total. The minimum absolute atomic E-state index is 0.00867. The molecule has 200 valence electrons. The summed E-state index contributed by atoms with van der Waals surface area (Å²) in [6.45, 7) is 7.99. The van der Waals surface area contributed by atoms with Crippen LogP contribution in [0.3, 0.4) is 0 Å². The fraction of sp³-hybridized carbons (Fsp3) is 0.214. The van der Waals surface area contributed by atoms with Gasteiger partial charge in [0.25, 0.3) is 0 Å². The number of aromatic amines is 1. The highest BCUT2D eigenvalue weighted by Crippen LogP contribution is 2.31. The third kappa shape index (κ3) is 5.98. The Morgan fingerprint density at radius 3 is 2.56 bits per heavy atom. The molecule has 0 aliphatic rings. The number of anilines is 3. The number of halogens is 1. The zero-order chi connectivity index (χ0) is 27.5. The molecule has 0 bridgehead atoms. The number of rotatable bonds is 8. The smallest absolute Gasteiger partial charge is 0.323 e. The Morgan fingerprint density at radius 2 is 1.79 bits per heavy atom. The minimum atomic E-state index is -0.638. The lowest BCUT2D eigenvalue weighted by molar-refractivity contribution is 0.262. The molecule has 3 heterocycles. The van der Waals surface area contributed by atoms with Crippen molar-refractivity contribution in [1.82, 2.24) is 25.0 Å². The Labute approximate surface area is 224 Å². The maximum Gasteiger partial charge on any atom is 0.323 e. The van der Waals surface area contributed by atoms with E-state index in [1.165, 1.54) is 12.1 Å². The highest BCUT2D eigenvalue weighted by atomic mass is 19.1. The number of hydrogen-bond donors (Lipinski definition) is 4. The number of H-pyrrole nitrogens is 1. The van der Waals surface area contributed by atoms with E-state index in [1.54, 1.807) is 41.5 Å². The van der Waals surface area contributed by atoms with Gasteiger partial charge in [0.05, 0.1) is 23.1 Å². The predicted octanol–water partition coefficient (Wildman–Crippen LogP) is 6.80. The number of carbonyl (C=O) groups is 1. The first-order valence-electron chi connectivity index (χ1n) is 12.6. The number of pyridine rings is 1. The van der Waals surface area contributed by atoms with E-state index in [0.29, 0.717) is 22.9 Å². The molecule has 0 unspecified atom stereocenters. The third-order valence-corrected chi connectivity index (χ3v) is 5.82. The van der Waals surface area contributed by atoms with Gasteiger partial charge >= 0.3 is 6.03 Å². The molecule has 3 aromatic heterocycles. The number of amides is 2. The quantitative estimate of drug-likeness (QED) is 0.176. The first-order chi connectivity index (χ1) is 18.7. The highest BCUT2D eigenvalue weighted by Gasteiger charge is 2.17. The van der Waals surface area contributed by atoms with Gasteiger partial charge in [-0.3, -0.25) is 9.78 Å². The van der Waals surface area contributed by atoms with E-state index >= 15 is 0 Å². The second-order valence-corrected chi connectivity index (χ2v) is 9.64. The van der Waals surface area contributed by atoms with Gasteiger partial charge in [0.15, 0.2) is 0 Å². The molecule has 39 heavy (non-hydrogen) atoms. The predicted molar refractivity (Wildman–Crippen MR) is 150 cm³/mol. The molecule has 2 amide bonds. The molecule has 0 aliphatic carbocycles. The number of fused-ring (bicyclic) bond motifs is 1. The SMILES string of the molecule is CC(C)Nc1cc(Oc2ccc(NC(=O)Nc3cn(C(C)C)nc3-c3ccc4[nH]ncc4c3)c(F)c2)ccn1. The summed E-state index contributed by atoms with van der Waals surface area (Å²) in [6, 6.07) is 13.1. The van der Waals surface area contributed by atoms with E-state index in [9.17, 15) is 9.18 Å². The fourth-order valence-corrected chi connectivity index (χ4v) is 3.97. The van der Waals surface area contributed by atoms with Crippen molar-refractivity contribution in [2.45, 2.75) is 39.8 Å². The van der Waals surface area contributed by atoms with Crippen LogP contribution in [-0.2, 0) is 0 Å². The van der Waals surface area contributed by atoms with Gasteiger partial charge in [-0.05, 0) is 58.0 Å². The maximum atomic E-state index is 14.9. The lowest BCUT2D eigenvalue weighted by Gasteiger charge is -2.12. The first-order valence-corrected chi connectivity index (χ1v) is 12.6. The zero-order valence-electron chi connectivity index (χ0n) is 22.0. The zero-order valence-corrected chi connectivity index (χ0v) is 22.0. The molecule has 0 saturated carbocycles. The average molecular weight is 529 g/mol. The molecule has 0 fully saturated rings. The normalized spacial score (nSPS) is 11.3. The van der Waals surface area contributed by atoms with Crippen LogP contribution in [0.5, 0.6) is 11.5 Å². The number of nitrogens with zero attached hydrogens (tertiary/aromatic N) is 4. The minimum Gasteiger partial charge on any atom is -0.457 e. The molecular formula is C28H29FN8O2. The van der Waals surface area contributed by atoms with E-state index in [2.05, 4.69) is 36.2 Å². The van der Waals surface area contributed by atoms with Gasteiger partial charge < -0.3 is 20.7 Å². The lowest BCUT2D eigenvalue weighted by Crippen LogP contribution is -2.20. The number of urea groups is 1. The molecule has 11 heteroatoms. The van der Waals surface area contributed by atoms with Crippen molar-refractivity contribution in [3.8, 4) is 22.8 Å². The van der Waals surface area contributed by atoms with E-state index in [1.807, 2.05) is 45.9 Å². The molecule has 4 N–H and O–H groups in total. The van der Waals surface area contributed by atoms with Gasteiger partial charge in [0.2, 0.25) is 0 Å². The van der Waals surface area contributed by atoms with Crippen LogP contribution in [-0.4, -0.2) is 37.0 Å². The lowest BCUT2D eigenvalue weighted by atomic mass is 10.1. The average Bonchev–Trinajstić information content (AvgIpc) is 3.52. The van der Waals surface area contributed by atoms with Crippen LogP contribution >= 0.6 is 0 Å². The molecule has 5 aromatic rings. The van der Waals surface area contributed by atoms with Gasteiger partial charge in [-0.15, -0.1) is 0 Å². The van der Waals surface area contributed by atoms with Gasteiger partial charge in [0, 0.05) is 47.6 Å². The van der Waals surface area contributed by atoms with Crippen LogP contribution in [0.25, 0.3) is 22.2 Å². The van der Waals surface area contributed by atoms with E-state index in [4.69, 9.17) is 4.74 Å². The number of hydrogen-bond acceptors (Lipinski definition) is 6. The standard InChI is InChI=1S/C28H29FN8O2/c1-16(2)32-26-13-21(9-10-30-26)39-20-6-8-24(22(29)12-20)33-28(38)34-25-15-37(17(3)4)36-27(25)18-5-7-23-19(11-18)14-31-35-23/h5-17H,1-4H3,(H,30,32)(H,31,35)(H2,33,34,38). The summed E-state index contributed by atoms with van der Waals surface area (Å²) in [5, 5.41) is 21.1. The first kappa shape index (κ1) is 25.7. The van der Waals surface area contributed by atoms with Crippen LogP contribution in [0, 0.1) is 5.82 Å². The van der Waals surface area contributed by atoms with Crippen molar-refractivity contribution in [3.63, 3.8) is 0 Å². The van der Waals surface area contributed by atoms with Crippen molar-refractivity contribution in [3.05, 3.63) is 72.9 Å². The van der Waals surface area contributed by atoms with Crippen LogP contribution in [0.1, 0.15) is 33.7 Å². The summed E-state index contributed by atoms with van der Waals surface area (Å²) in [5.74, 6) is 0.813. The summed E-state index contributed by atoms with van der Waals surface area (Å²) in [4.78, 5) is 17.1. The van der Waals surface area contributed by atoms with Crippen LogP contribution in [0.15, 0.2) is 67.1 Å². The number of ether oxygens (including phenoxy) is 1. The Balaban J connectivity index is 1.31. The van der Waals surface area contributed by atoms with Crippen molar-refractivity contribution in [2.24, 2.45) is 0 Å². The van der Waals surface area contributed by atoms with Crippen molar-refractivity contribution < 1.29 is 13.9 Å². The Hall–Kier alpha value is -4.93. The second-order valence-electron chi connectivity index (χ2n) is 9.64. The summed E-state index contributed by atoms with van der Waals surface area (Å²) in [5.41, 5.74) is 2.81. The van der Waals surface area contributed by atoms with Gasteiger partial charge in [-0.2, -0.15) is 10.2 Å². The van der Waals surface area contributed by atoms with Crippen LogP contribution < -0.4 is 20.7 Å². The third-order valence-electron chi connectivity index (χ3n) is 5.82. The van der Waals surface area contributed by atoms with Crippen LogP contribution in [0.4, 0.5) is 26.4 Å². The van der Waals surface area contributed by atoms with Gasteiger partial charge in [-0.1, -0.05) is 6.07 Å². The summed E-state index contributed by atoms with van der Waals surface area (Å²) < 4.78 is 22.5. The summed E-state index contributed by atoms with van der Waals surface area (Å²) in [6.07, 6.45) is 5.09. The van der Waals surface area contributed by atoms with Crippen molar-refractivity contribution in [1.29, 1.82) is 0 Å². The van der Waals surface area contributed by atoms with E-state index in [0.717, 1.165) is 16.5 Å². The number of nitrogens with one attached hydrogen (secondary N) is 4. The fourth-order valence-electron chi connectivity index (χ4n) is 3.97. The monoisotopic (exact) mass is 528 g/mol. The largest absolute Gasteiger partial charge is 0.457 e. The van der Waals surface area contributed by atoms with Gasteiger partial charge in [-0.25, -0.2) is 14.2 Å². The molecule has 2 aromatic carbocycles. The Bertz CT molecular complexity index is 1630. The second kappa shape index (κ2) is 10.8. The molecule has 0 aliphatic heterocycles. The van der Waals surface area contributed by atoms with E-state index < -0.39 is 11.8 Å². The Kier molecular flexibility index (Phi) is 7.13. The number of carbonyl (C=O) groups excluding carboxylic acids is 1. The summed E-state index contributed by atoms with van der Waals surface area (Å²) >= 11 is 0. The number of aromatic nitrogens is 5.